The second-order valence-corrected chi connectivity index (χ2v) is 28.7. The normalized spacial score (nSPS) is 15.1. The summed E-state index contributed by atoms with van der Waals surface area (Å²) in [7, 11) is 0. The summed E-state index contributed by atoms with van der Waals surface area (Å²) in [6, 6.07) is 96.0. The van der Waals surface area contributed by atoms with Crippen molar-refractivity contribution in [1.29, 1.82) is 0 Å². The topological polar surface area (TPSA) is 11.4 Å². The molecule has 1 atom stereocenters. The number of hydrogen-bond acceptors (Lipinski definition) is 2. The van der Waals surface area contributed by atoms with Gasteiger partial charge in [0.25, 0.3) is 0 Å². The molecule has 2 aliphatic heterocycles. The van der Waals surface area contributed by atoms with Gasteiger partial charge in [-0.3, -0.25) is 0 Å². The van der Waals surface area contributed by atoms with Crippen molar-refractivity contribution < 1.29 is 11.0 Å². The Morgan fingerprint density at radius 3 is 1.20 bits per heavy atom. The molecule has 1 unspecified atom stereocenters. The Hall–Kier alpha value is -11.5. The Bertz CT molecular complexity index is 5860. The van der Waals surface area contributed by atoms with E-state index in [0.29, 0.717) is 5.69 Å². The van der Waals surface area contributed by atoms with Crippen LogP contribution >= 0.6 is 0 Å². The Kier molecular flexibility index (Phi) is 12.0. The fraction of sp³-hybridized carbons (Fsp3) is 0.116. The number of para-hydroxylation sites is 2. The van der Waals surface area contributed by atoms with E-state index in [1.807, 2.05) is 18.2 Å². The fourth-order valence-corrected chi connectivity index (χ4v) is 15.7. The predicted octanol–water partition coefficient (Wildman–Crippen LogP) is 25.5. The monoisotopic (exact) mass is 1270 g/mol. The second-order valence-electron chi connectivity index (χ2n) is 28.7. The third-order valence-corrected chi connectivity index (χ3v) is 20.6. The molecule has 0 N–H and O–H groups in total. The van der Waals surface area contributed by atoms with Crippen molar-refractivity contribution in [2.45, 2.75) is 70.6 Å². The van der Waals surface area contributed by atoms with E-state index < -0.39 is 30.1 Å². The minimum absolute atomic E-state index is 0.0176. The third-order valence-electron chi connectivity index (χ3n) is 20.6. The number of aromatic nitrogens is 1. The maximum absolute atomic E-state index is 9.82. The lowest BCUT2D eigenvalue weighted by atomic mass is 9.71. The third kappa shape index (κ3) is 10.0. The summed E-state index contributed by atoms with van der Waals surface area (Å²) < 4.78 is 77.1. The van der Waals surface area contributed by atoms with Crippen LogP contribution < -0.4 is 9.80 Å². The molecule has 0 radical (unpaired) electrons. The van der Waals surface area contributed by atoms with Crippen LogP contribution in [0.2, 0.25) is 0 Å². The van der Waals surface area contributed by atoms with E-state index in [4.69, 9.17) is 2.74 Å². The average molecular weight is 1270 g/mol. The van der Waals surface area contributed by atoms with E-state index in [-0.39, 0.29) is 62.7 Å². The Balaban J connectivity index is 1.03. The lowest BCUT2D eigenvalue weighted by Gasteiger charge is -2.46. The molecule has 3 heterocycles. The number of rotatable bonds is 9. The highest BCUT2D eigenvalue weighted by molar-refractivity contribution is 6.10. The summed E-state index contributed by atoms with van der Waals surface area (Å²) in [6.07, 6.45) is 0.785. The Morgan fingerprint density at radius 2 is 0.735 bits per heavy atom. The summed E-state index contributed by atoms with van der Waals surface area (Å²) in [6.45, 7) is 13.7. The van der Waals surface area contributed by atoms with Gasteiger partial charge < -0.3 is 14.4 Å². The average Bonchev–Trinajstić information content (AvgIpc) is 0.696. The number of hydrogen-bond donors (Lipinski definition) is 0. The van der Waals surface area contributed by atoms with Gasteiger partial charge in [0.05, 0.1) is 44.7 Å². The first-order chi connectivity index (χ1) is 51.2. The zero-order valence-electron chi connectivity index (χ0n) is 63.7. The van der Waals surface area contributed by atoms with Crippen molar-refractivity contribution in [2.75, 3.05) is 9.80 Å². The molecule has 0 fully saturated rings. The molecule has 0 spiro atoms. The highest BCUT2D eigenvalue weighted by atomic mass is 15.2. The van der Waals surface area contributed by atoms with Crippen molar-refractivity contribution in [2.24, 2.45) is 0 Å². The van der Waals surface area contributed by atoms with Crippen molar-refractivity contribution in [3.05, 3.63) is 377 Å². The predicted molar refractivity (Wildman–Crippen MR) is 412 cm³/mol. The summed E-state index contributed by atoms with van der Waals surface area (Å²) in [4.78, 5) is 4.95. The molecule has 3 heteroatoms. The molecule has 98 heavy (non-hydrogen) atoms. The molecule has 3 nitrogen and oxygen atoms in total. The first kappa shape index (κ1) is 50.8. The van der Waals surface area contributed by atoms with Gasteiger partial charge in [0, 0.05) is 45.2 Å². The first-order valence-corrected chi connectivity index (χ1v) is 34.1. The summed E-state index contributed by atoms with van der Waals surface area (Å²) >= 11 is 0. The maximum Gasteiger partial charge on any atom is 0.0645 e. The maximum atomic E-state index is 9.82. The van der Waals surface area contributed by atoms with Gasteiger partial charge >= 0.3 is 0 Å². The molecule has 1 aromatic heterocycles. The lowest BCUT2D eigenvalue weighted by Crippen LogP contribution is -2.30. The number of fused-ring (bicyclic) bond motifs is 9. The van der Waals surface area contributed by atoms with Gasteiger partial charge in [-0.05, 0) is 208 Å². The van der Waals surface area contributed by atoms with Crippen LogP contribution in [0.15, 0.2) is 321 Å². The summed E-state index contributed by atoms with van der Waals surface area (Å²) in [5.41, 5.74) is 27.9. The van der Waals surface area contributed by atoms with Crippen LogP contribution in [0.25, 0.3) is 83.1 Å². The molecule has 18 rings (SSSR count). The van der Waals surface area contributed by atoms with Gasteiger partial charge in [-0.25, -0.2) is 0 Å². The van der Waals surface area contributed by atoms with Crippen molar-refractivity contribution >= 4 is 55.9 Å². The lowest BCUT2D eigenvalue weighted by molar-refractivity contribution is 0.569. The van der Waals surface area contributed by atoms with Gasteiger partial charge in [-0.15, -0.1) is 0 Å². The summed E-state index contributed by atoms with van der Waals surface area (Å²) in [5, 5.41) is 0.0353. The van der Waals surface area contributed by atoms with E-state index in [2.05, 4.69) is 306 Å². The van der Waals surface area contributed by atoms with Crippen LogP contribution in [0, 0.1) is 0 Å². The zero-order chi connectivity index (χ0) is 72.9. The van der Waals surface area contributed by atoms with Crippen molar-refractivity contribution in [1.82, 2.24) is 4.57 Å². The molecule has 470 valence electrons. The van der Waals surface area contributed by atoms with E-state index in [0.717, 1.165) is 118 Å². The van der Waals surface area contributed by atoms with Crippen LogP contribution in [0.4, 0.5) is 34.1 Å². The summed E-state index contributed by atoms with van der Waals surface area (Å²) in [5.74, 6) is -0.711. The fourth-order valence-electron chi connectivity index (χ4n) is 15.7. The van der Waals surface area contributed by atoms with Crippen molar-refractivity contribution in [3.63, 3.8) is 0 Å². The molecule has 0 saturated heterocycles. The molecule has 0 amide bonds. The molecular weight excluding hydrogens is 1180 g/mol. The zero-order valence-corrected chi connectivity index (χ0v) is 55.7. The van der Waals surface area contributed by atoms with Crippen LogP contribution in [0.5, 0.6) is 0 Å². The van der Waals surface area contributed by atoms with E-state index in [1.165, 1.54) is 33.4 Å². The molecule has 15 aromatic rings. The molecule has 14 aromatic carbocycles. The quantitative estimate of drug-likeness (QED) is 0.143. The molecular formula is C95H75N3. The number of nitrogens with zero attached hydrogens (tertiary/aromatic N) is 3. The van der Waals surface area contributed by atoms with Crippen LogP contribution in [0.1, 0.15) is 120 Å². The van der Waals surface area contributed by atoms with Crippen LogP contribution in [-0.2, 0) is 17.3 Å². The van der Waals surface area contributed by atoms with E-state index in [9.17, 15) is 8.22 Å². The molecule has 0 saturated carbocycles. The molecule has 3 aliphatic rings. The van der Waals surface area contributed by atoms with Gasteiger partial charge in [-0.1, -0.05) is 278 Å². The number of benzene rings is 14. The largest absolute Gasteiger partial charge is 0.310 e. The standard InChI is InChI=1S/C95H75N3/c1-94(2,3)74-50-72(51-75(59-74)95(4,5)6)65-43-46-87-84(56-65)92-83-45-44-76(96-85-41-25-23-39-81(85)82-40-24-26-42-86(82)96)60-88(83)98(78-54-70(63-31-15-9-16-32-63)49-71(55-78)64-33-17-10-18-34-64)90-58-73(91-79-37-21-19-35-66(79)47-67-36-20-22-38-80(67)91)57-89(93(90)92)97(87)77-52-68(61-27-11-7-12-28-61)48-69(53-77)62-29-13-8-14-30-62/h7-46,48-60,91-92H,47H2,1-6H3/i23D,24D,25D,26D,39D,40D,41D,42D. The second kappa shape index (κ2) is 23.1. The Morgan fingerprint density at radius 1 is 0.306 bits per heavy atom. The van der Waals surface area contributed by atoms with Crippen LogP contribution in [-0.4, -0.2) is 4.57 Å². The van der Waals surface area contributed by atoms with Gasteiger partial charge in [0.2, 0.25) is 0 Å². The van der Waals surface area contributed by atoms with Gasteiger partial charge in [0.15, 0.2) is 0 Å². The first-order valence-electron chi connectivity index (χ1n) is 38.1. The van der Waals surface area contributed by atoms with E-state index in [1.54, 1.807) is 4.57 Å². The SMILES string of the molecule is [2H]c1c([2H])c([2H])c2c(c1[2H])c1c([2H])c([2H])c([2H])c([2H])c1n2-c1ccc2c(c1)N(c1cc(-c3ccccc3)cc(-c3ccccc3)c1)c1cc(C3c4ccccc4Cc4ccccc43)cc3c1C2c1cc(-c2cc(C(C)(C)C)cc(C(C)(C)C)c2)ccc1N3c1cc(-c2ccccc2)cc(-c2ccccc2)c1. The minimum Gasteiger partial charge on any atom is -0.310 e. The smallest absolute Gasteiger partial charge is 0.0645 e. The van der Waals surface area contributed by atoms with Crippen LogP contribution in [0.3, 0.4) is 0 Å². The van der Waals surface area contributed by atoms with Crippen molar-refractivity contribution in [3.8, 4) is 61.3 Å². The minimum atomic E-state index is -0.494. The Labute approximate surface area is 587 Å². The van der Waals surface area contributed by atoms with E-state index >= 15 is 0 Å². The van der Waals surface area contributed by atoms with Gasteiger partial charge in [-0.2, -0.15) is 0 Å². The highest BCUT2D eigenvalue weighted by Crippen LogP contribution is 2.63. The highest BCUT2D eigenvalue weighted by Gasteiger charge is 2.43. The molecule has 0 bridgehead atoms. The molecule has 1 aliphatic carbocycles. The van der Waals surface area contributed by atoms with Gasteiger partial charge in [0.1, 0.15) is 0 Å². The number of anilines is 6.